The monoisotopic (exact) mass is 1140 g/mol. The fourth-order valence-corrected chi connectivity index (χ4v) is 8.78. The molecular formula is C55H97N9O16. The maximum atomic E-state index is 14.8. The predicted molar refractivity (Wildman–Crippen MR) is 295 cm³/mol. The van der Waals surface area contributed by atoms with Crippen molar-refractivity contribution in [3.8, 4) is 0 Å². The highest BCUT2D eigenvalue weighted by Gasteiger charge is 2.41. The molecule has 1 saturated heterocycles. The zero-order valence-electron chi connectivity index (χ0n) is 49.2. The molecule has 0 bridgehead atoms. The van der Waals surface area contributed by atoms with Crippen molar-refractivity contribution < 1.29 is 77.9 Å². The first-order valence-electron chi connectivity index (χ1n) is 28.6. The molecule has 0 unspecified atom stereocenters. The number of aliphatic carboxylic acids is 1. The van der Waals surface area contributed by atoms with E-state index in [1.54, 1.807) is 69.2 Å². The average molecular weight is 1140 g/mol. The number of aliphatic hydroxyl groups is 3. The van der Waals surface area contributed by atoms with Gasteiger partial charge in [-0.05, 0) is 68.6 Å². The Labute approximate surface area is 471 Å². The van der Waals surface area contributed by atoms with Gasteiger partial charge in [-0.2, -0.15) is 0 Å². The van der Waals surface area contributed by atoms with E-state index in [1.165, 1.54) is 6.92 Å². The number of esters is 1. The molecule has 80 heavy (non-hydrogen) atoms. The number of unbranched alkanes of at least 4 members (excludes halogenated alkanes) is 4. The molecule has 0 aromatic carbocycles. The molecule has 458 valence electrons. The number of carbonyl (C=O) groups is 11. The molecule has 0 radical (unpaired) electrons. The van der Waals surface area contributed by atoms with Gasteiger partial charge in [0, 0.05) is 6.42 Å². The van der Waals surface area contributed by atoms with Crippen LogP contribution < -0.4 is 47.9 Å². The van der Waals surface area contributed by atoms with Gasteiger partial charge in [-0.1, -0.05) is 121 Å². The van der Waals surface area contributed by atoms with Crippen LogP contribution in [0.2, 0.25) is 0 Å². The molecule has 0 saturated carbocycles. The highest BCUT2D eigenvalue weighted by atomic mass is 16.5. The number of cyclic esters (lactones) is 1. The Hall–Kier alpha value is -5.95. The molecule has 13 N–H and O–H groups in total. The van der Waals surface area contributed by atoms with Gasteiger partial charge in [0.15, 0.2) is 0 Å². The summed E-state index contributed by atoms with van der Waals surface area (Å²) in [4.78, 5) is 153. The van der Waals surface area contributed by atoms with Gasteiger partial charge < -0.3 is 73.0 Å². The van der Waals surface area contributed by atoms with Crippen molar-refractivity contribution in [2.45, 2.75) is 240 Å². The van der Waals surface area contributed by atoms with Gasteiger partial charge in [-0.25, -0.2) is 4.79 Å². The first kappa shape index (κ1) is 72.1. The molecule has 13 atom stereocenters. The van der Waals surface area contributed by atoms with Crippen molar-refractivity contribution in [1.82, 2.24) is 47.9 Å². The molecule has 1 aliphatic rings. The van der Waals surface area contributed by atoms with Gasteiger partial charge in [0.1, 0.15) is 60.5 Å². The van der Waals surface area contributed by atoms with Gasteiger partial charge >= 0.3 is 11.9 Å². The van der Waals surface area contributed by atoms with Gasteiger partial charge in [0.25, 0.3) is 0 Å². The first-order valence-corrected chi connectivity index (χ1v) is 28.6. The number of carboxylic acid groups (broad SMARTS) is 1. The number of rotatable bonds is 28. The van der Waals surface area contributed by atoms with E-state index < -0.39 is 170 Å². The van der Waals surface area contributed by atoms with Crippen molar-refractivity contribution in [2.24, 2.45) is 29.6 Å². The average Bonchev–Trinajstić information content (AvgIpc) is 3.38. The molecule has 1 fully saturated rings. The summed E-state index contributed by atoms with van der Waals surface area (Å²) in [6.07, 6.45) is 1.31. The lowest BCUT2D eigenvalue weighted by Crippen LogP contribution is -2.64. The van der Waals surface area contributed by atoms with Gasteiger partial charge in [0.2, 0.25) is 53.2 Å². The summed E-state index contributed by atoms with van der Waals surface area (Å²) in [5, 5.41) is 63.7. The van der Waals surface area contributed by atoms with Crippen LogP contribution in [0.3, 0.4) is 0 Å². The molecule has 0 spiro atoms. The lowest BCUT2D eigenvalue weighted by Gasteiger charge is -2.32. The number of ether oxygens (including phenoxy) is 1. The number of amides is 9. The summed E-state index contributed by atoms with van der Waals surface area (Å²) in [6, 6.07) is -14.1. The van der Waals surface area contributed by atoms with Gasteiger partial charge in [0.05, 0.1) is 25.7 Å². The lowest BCUT2D eigenvalue weighted by molar-refractivity contribution is -0.158. The fraction of sp³-hybridized carbons (Fsp3) is 0.800. The van der Waals surface area contributed by atoms with E-state index in [1.807, 2.05) is 0 Å². The van der Waals surface area contributed by atoms with Crippen LogP contribution in [-0.4, -0.2) is 165 Å². The van der Waals surface area contributed by atoms with Crippen molar-refractivity contribution in [3.05, 3.63) is 0 Å². The Morgan fingerprint density at radius 1 is 0.562 bits per heavy atom. The number of carbonyl (C=O) groups excluding carboxylic acids is 10. The van der Waals surface area contributed by atoms with Crippen molar-refractivity contribution in [1.29, 1.82) is 0 Å². The third-order valence-corrected chi connectivity index (χ3v) is 13.9. The first-order chi connectivity index (χ1) is 37.5. The van der Waals surface area contributed by atoms with Crippen molar-refractivity contribution >= 4 is 65.1 Å². The van der Waals surface area contributed by atoms with E-state index in [9.17, 15) is 73.2 Å². The topological polar surface area (TPSA) is 386 Å². The zero-order valence-corrected chi connectivity index (χ0v) is 49.2. The molecule has 9 amide bonds. The Kier molecular flexibility index (Phi) is 33.5. The summed E-state index contributed by atoms with van der Waals surface area (Å²) < 4.78 is 5.85. The summed E-state index contributed by atoms with van der Waals surface area (Å²) in [5.41, 5.74) is 0. The standard InChI is InChI=1S/C55H97N9O16/c1-13-16-17-18-19-20-35(67)26-42(68)56-37(23-29(4)5)48(72)57-36(21-22-43(69)70)47(71)64-46-34(12)80-55(79)45(33(11)15-3)63-52(76)41(28-66)61-49(73)38(24-30(6)7)58-51(75)40(27-65)60-50(74)39(25-31(8)9)59-53(77)44(32(10)14-2)62-54(46)78/h29-41,44-46,65-67H,13-28H2,1-12H3,(H,56,68)(H,57,72)(H,58,75)(H,59,77)(H,60,74)(H,61,73)(H,62,78)(H,63,76)(H,64,71)(H,69,70)/t32-,33+,34-,35-,36-,37+,38+,39-,40-,41-,44-,45+,46-/m1/s1. The molecule has 1 heterocycles. The molecular weight excluding hydrogens is 1040 g/mol. The minimum atomic E-state index is -1.95. The van der Waals surface area contributed by atoms with Crippen LogP contribution in [-0.2, 0) is 57.5 Å². The number of aliphatic hydroxyl groups excluding tert-OH is 3. The summed E-state index contributed by atoms with van der Waals surface area (Å²) >= 11 is 0. The summed E-state index contributed by atoms with van der Waals surface area (Å²) in [7, 11) is 0. The van der Waals surface area contributed by atoms with Crippen LogP contribution >= 0.6 is 0 Å². The van der Waals surface area contributed by atoms with Gasteiger partial charge in [-0.3, -0.25) is 47.9 Å². The fourth-order valence-electron chi connectivity index (χ4n) is 8.78. The van der Waals surface area contributed by atoms with Crippen LogP contribution in [0.15, 0.2) is 0 Å². The Balaban J connectivity index is 4.04. The third-order valence-electron chi connectivity index (χ3n) is 13.9. The smallest absolute Gasteiger partial charge is 0.329 e. The second-order valence-corrected chi connectivity index (χ2v) is 22.5. The quantitative estimate of drug-likeness (QED) is 0.0374. The minimum absolute atomic E-state index is 0.00960. The number of hydrogen-bond acceptors (Lipinski definition) is 15. The van der Waals surface area contributed by atoms with E-state index in [0.717, 1.165) is 25.7 Å². The predicted octanol–water partition coefficient (Wildman–Crippen LogP) is 0.486. The molecule has 1 aliphatic heterocycles. The van der Waals surface area contributed by atoms with E-state index in [4.69, 9.17) is 4.74 Å². The number of hydrogen-bond donors (Lipinski definition) is 13. The van der Waals surface area contributed by atoms with E-state index in [-0.39, 0.29) is 56.3 Å². The van der Waals surface area contributed by atoms with Crippen LogP contribution in [0.5, 0.6) is 0 Å². The molecule has 0 aromatic rings. The molecule has 0 aromatic heterocycles. The largest absolute Gasteiger partial charge is 0.481 e. The van der Waals surface area contributed by atoms with E-state index in [0.29, 0.717) is 12.8 Å². The van der Waals surface area contributed by atoms with E-state index >= 15 is 0 Å². The summed E-state index contributed by atoms with van der Waals surface area (Å²) in [5.74, 6) is -13.3. The lowest BCUT2D eigenvalue weighted by atomic mass is 9.96. The van der Waals surface area contributed by atoms with Crippen molar-refractivity contribution in [2.75, 3.05) is 13.2 Å². The van der Waals surface area contributed by atoms with Crippen LogP contribution in [0.25, 0.3) is 0 Å². The Morgan fingerprint density at radius 3 is 1.52 bits per heavy atom. The normalized spacial score (nSPS) is 24.2. The van der Waals surface area contributed by atoms with E-state index in [2.05, 4.69) is 54.8 Å². The van der Waals surface area contributed by atoms with Crippen LogP contribution in [0.4, 0.5) is 0 Å². The molecule has 1 rings (SSSR count). The second-order valence-electron chi connectivity index (χ2n) is 22.5. The third kappa shape index (κ3) is 26.1. The zero-order chi connectivity index (χ0) is 61.0. The van der Waals surface area contributed by atoms with Crippen molar-refractivity contribution in [3.63, 3.8) is 0 Å². The molecule has 0 aliphatic carbocycles. The number of carboxylic acids is 1. The maximum absolute atomic E-state index is 14.8. The Morgan fingerprint density at radius 2 is 1.04 bits per heavy atom. The summed E-state index contributed by atoms with van der Waals surface area (Å²) in [6.45, 7) is 18.5. The highest BCUT2D eigenvalue weighted by molar-refractivity contribution is 5.99. The van der Waals surface area contributed by atoms with Gasteiger partial charge in [-0.15, -0.1) is 0 Å². The Bertz CT molecular complexity index is 2040. The second kappa shape index (κ2) is 37.1. The SMILES string of the molecule is CCCCCCC[C@@H](O)CC(=O)N[C@@H](CC(C)C)C(=O)N[C@H](CCC(=O)O)C(=O)N[C@H]1C(=O)N[C@H]([C@H](C)CC)C(=O)N[C@H](CC(C)C)C(=O)N[C@H](CO)C(=O)N[C@@H](CC(C)C)C(=O)N[C@H](CO)C(=O)N[C@@H]([C@@H](C)CC)C(=O)O[C@@H]1C. The highest BCUT2D eigenvalue weighted by Crippen LogP contribution is 2.17. The maximum Gasteiger partial charge on any atom is 0.329 e. The minimum Gasteiger partial charge on any atom is -0.481 e. The number of nitrogens with one attached hydrogen (secondary N) is 9. The molecule has 25 nitrogen and oxygen atoms in total. The van der Waals surface area contributed by atoms with Crippen LogP contribution in [0.1, 0.15) is 173 Å². The molecule has 25 heteroatoms. The van der Waals surface area contributed by atoms with Crippen LogP contribution in [0, 0.1) is 29.6 Å².